The fraction of sp³-hybridized carbons (Fsp3) is 0.357. The lowest BCUT2D eigenvalue weighted by molar-refractivity contribution is 0.508. The summed E-state index contributed by atoms with van der Waals surface area (Å²) in [5.74, 6) is 0.930. The summed E-state index contributed by atoms with van der Waals surface area (Å²) in [6.45, 7) is 3.08. The van der Waals surface area contributed by atoms with Gasteiger partial charge in [0.2, 0.25) is 0 Å². The first-order valence-electron chi connectivity index (χ1n) is 6.37. The second kappa shape index (κ2) is 6.94. The first-order valence-corrected chi connectivity index (χ1v) is 7.13. The summed E-state index contributed by atoms with van der Waals surface area (Å²) in [7, 11) is 0. The Labute approximate surface area is 123 Å². The average molecular weight is 298 g/mol. The number of aromatic nitrogens is 2. The maximum atomic E-state index is 6.23. The van der Waals surface area contributed by atoms with Crippen LogP contribution in [0.2, 0.25) is 10.0 Å². The van der Waals surface area contributed by atoms with Gasteiger partial charge in [0.05, 0.1) is 6.04 Å². The van der Waals surface area contributed by atoms with Gasteiger partial charge in [0.15, 0.2) is 0 Å². The number of hydrogen-bond acceptors (Lipinski definition) is 2. The van der Waals surface area contributed by atoms with Crippen molar-refractivity contribution in [2.45, 2.75) is 25.8 Å². The van der Waals surface area contributed by atoms with Gasteiger partial charge in [-0.1, -0.05) is 36.2 Å². The fourth-order valence-electron chi connectivity index (χ4n) is 1.96. The van der Waals surface area contributed by atoms with E-state index in [1.807, 2.05) is 18.3 Å². The van der Waals surface area contributed by atoms with Crippen molar-refractivity contribution in [2.24, 2.45) is 0 Å². The van der Waals surface area contributed by atoms with E-state index in [2.05, 4.69) is 22.2 Å². The number of hydrogen-bond donors (Lipinski definition) is 2. The SMILES string of the molecule is CCCNC(Cc1ccc(Cl)cc1Cl)c1ncc[nH]1. The summed E-state index contributed by atoms with van der Waals surface area (Å²) in [6, 6.07) is 5.74. The minimum atomic E-state index is 0.133. The number of benzene rings is 1. The van der Waals surface area contributed by atoms with Gasteiger partial charge < -0.3 is 10.3 Å². The minimum Gasteiger partial charge on any atom is -0.347 e. The van der Waals surface area contributed by atoms with Crippen LogP contribution >= 0.6 is 23.2 Å². The van der Waals surface area contributed by atoms with E-state index >= 15 is 0 Å². The molecular weight excluding hydrogens is 281 g/mol. The van der Waals surface area contributed by atoms with Crippen molar-refractivity contribution in [1.82, 2.24) is 15.3 Å². The lowest BCUT2D eigenvalue weighted by Gasteiger charge is -2.17. The van der Waals surface area contributed by atoms with Crippen LogP contribution in [0.4, 0.5) is 0 Å². The van der Waals surface area contributed by atoms with Crippen molar-refractivity contribution in [3.63, 3.8) is 0 Å². The lowest BCUT2D eigenvalue weighted by Crippen LogP contribution is -2.25. The molecule has 0 bridgehead atoms. The maximum absolute atomic E-state index is 6.23. The van der Waals surface area contributed by atoms with Crippen molar-refractivity contribution < 1.29 is 0 Å². The molecule has 2 N–H and O–H groups in total. The molecule has 0 fully saturated rings. The first kappa shape index (κ1) is 14.4. The molecule has 0 saturated carbocycles. The van der Waals surface area contributed by atoms with Crippen molar-refractivity contribution in [2.75, 3.05) is 6.54 Å². The summed E-state index contributed by atoms with van der Waals surface area (Å²) in [6.07, 6.45) is 5.45. The molecule has 1 atom stereocenters. The number of halogens is 2. The van der Waals surface area contributed by atoms with E-state index in [-0.39, 0.29) is 6.04 Å². The third kappa shape index (κ3) is 3.96. The quantitative estimate of drug-likeness (QED) is 0.846. The topological polar surface area (TPSA) is 40.7 Å². The van der Waals surface area contributed by atoms with Gasteiger partial charge in [-0.15, -0.1) is 0 Å². The number of imidazole rings is 1. The molecule has 2 aromatic rings. The highest BCUT2D eigenvalue weighted by atomic mass is 35.5. The van der Waals surface area contributed by atoms with Crippen LogP contribution < -0.4 is 5.32 Å². The standard InChI is InChI=1S/C14H17Cl2N3/c1-2-5-17-13(14-18-6-7-19-14)8-10-3-4-11(15)9-12(10)16/h3-4,6-7,9,13,17H,2,5,8H2,1H3,(H,18,19). The Hall–Kier alpha value is -1.03. The molecule has 102 valence electrons. The van der Waals surface area contributed by atoms with Gasteiger partial charge in [-0.2, -0.15) is 0 Å². The molecule has 1 unspecified atom stereocenters. The normalized spacial score (nSPS) is 12.6. The van der Waals surface area contributed by atoms with Crippen molar-refractivity contribution in [1.29, 1.82) is 0 Å². The van der Waals surface area contributed by atoms with E-state index in [4.69, 9.17) is 23.2 Å². The molecule has 19 heavy (non-hydrogen) atoms. The molecule has 0 aliphatic heterocycles. The average Bonchev–Trinajstić information content (AvgIpc) is 2.90. The monoisotopic (exact) mass is 297 g/mol. The maximum Gasteiger partial charge on any atom is 0.123 e. The van der Waals surface area contributed by atoms with Gasteiger partial charge in [0.1, 0.15) is 5.82 Å². The largest absolute Gasteiger partial charge is 0.347 e. The highest BCUT2D eigenvalue weighted by Crippen LogP contribution is 2.25. The van der Waals surface area contributed by atoms with E-state index in [0.717, 1.165) is 30.8 Å². The Morgan fingerprint density at radius 3 is 2.84 bits per heavy atom. The number of nitrogens with one attached hydrogen (secondary N) is 2. The number of aromatic amines is 1. The second-order valence-electron chi connectivity index (χ2n) is 4.42. The smallest absolute Gasteiger partial charge is 0.123 e. The van der Waals surface area contributed by atoms with E-state index in [1.54, 1.807) is 12.3 Å². The number of nitrogens with zero attached hydrogens (tertiary/aromatic N) is 1. The summed E-state index contributed by atoms with van der Waals surface area (Å²) in [4.78, 5) is 7.48. The zero-order valence-electron chi connectivity index (χ0n) is 10.8. The van der Waals surface area contributed by atoms with Gasteiger partial charge in [-0.25, -0.2) is 4.98 Å². The molecule has 1 heterocycles. The molecule has 5 heteroatoms. The Bertz CT molecular complexity index is 511. The van der Waals surface area contributed by atoms with Crippen LogP contribution in [0.15, 0.2) is 30.6 Å². The molecule has 0 saturated heterocycles. The third-order valence-electron chi connectivity index (χ3n) is 2.93. The number of rotatable bonds is 6. The Morgan fingerprint density at radius 2 is 2.21 bits per heavy atom. The summed E-state index contributed by atoms with van der Waals surface area (Å²) < 4.78 is 0. The Balaban J connectivity index is 2.15. The van der Waals surface area contributed by atoms with E-state index in [9.17, 15) is 0 Å². The highest BCUT2D eigenvalue weighted by Gasteiger charge is 2.15. The predicted molar refractivity (Wildman–Crippen MR) is 79.8 cm³/mol. The highest BCUT2D eigenvalue weighted by molar-refractivity contribution is 6.35. The van der Waals surface area contributed by atoms with Crippen LogP contribution in [0.5, 0.6) is 0 Å². The Morgan fingerprint density at radius 1 is 1.37 bits per heavy atom. The molecule has 0 radical (unpaired) electrons. The summed E-state index contributed by atoms with van der Waals surface area (Å²) in [5.41, 5.74) is 1.07. The molecule has 3 nitrogen and oxygen atoms in total. The zero-order valence-corrected chi connectivity index (χ0v) is 12.3. The molecule has 0 spiro atoms. The van der Waals surface area contributed by atoms with E-state index in [1.165, 1.54) is 0 Å². The first-order chi connectivity index (χ1) is 9.20. The van der Waals surface area contributed by atoms with Gasteiger partial charge >= 0.3 is 0 Å². The molecular formula is C14H17Cl2N3. The van der Waals surface area contributed by atoms with Crippen LogP contribution in [-0.2, 0) is 6.42 Å². The van der Waals surface area contributed by atoms with Crippen LogP contribution in [0, 0.1) is 0 Å². The zero-order chi connectivity index (χ0) is 13.7. The molecule has 2 rings (SSSR count). The minimum absolute atomic E-state index is 0.133. The Kier molecular flexibility index (Phi) is 5.25. The van der Waals surface area contributed by atoms with Crippen LogP contribution in [0.25, 0.3) is 0 Å². The van der Waals surface area contributed by atoms with Crippen LogP contribution in [-0.4, -0.2) is 16.5 Å². The predicted octanol–water partition coefficient (Wildman–Crippen LogP) is 4.00. The van der Waals surface area contributed by atoms with Crippen LogP contribution in [0.3, 0.4) is 0 Å². The third-order valence-corrected chi connectivity index (χ3v) is 3.52. The summed E-state index contributed by atoms with van der Waals surface area (Å²) in [5, 5.41) is 4.83. The van der Waals surface area contributed by atoms with Gasteiger partial charge in [-0.05, 0) is 37.1 Å². The van der Waals surface area contributed by atoms with E-state index in [0.29, 0.717) is 10.0 Å². The molecule has 1 aromatic heterocycles. The molecule has 1 aromatic carbocycles. The van der Waals surface area contributed by atoms with Gasteiger partial charge in [-0.3, -0.25) is 0 Å². The second-order valence-corrected chi connectivity index (χ2v) is 5.26. The van der Waals surface area contributed by atoms with Gasteiger partial charge in [0, 0.05) is 22.4 Å². The summed E-state index contributed by atoms with van der Waals surface area (Å²) >= 11 is 12.1. The fourth-order valence-corrected chi connectivity index (χ4v) is 2.44. The van der Waals surface area contributed by atoms with Crippen LogP contribution in [0.1, 0.15) is 30.8 Å². The molecule has 0 aliphatic carbocycles. The molecule has 0 amide bonds. The van der Waals surface area contributed by atoms with Crippen molar-refractivity contribution in [3.8, 4) is 0 Å². The van der Waals surface area contributed by atoms with E-state index < -0.39 is 0 Å². The number of H-pyrrole nitrogens is 1. The van der Waals surface area contributed by atoms with Gasteiger partial charge in [0.25, 0.3) is 0 Å². The van der Waals surface area contributed by atoms with Crippen molar-refractivity contribution in [3.05, 3.63) is 52.0 Å². The van der Waals surface area contributed by atoms with Crippen molar-refractivity contribution >= 4 is 23.2 Å². The lowest BCUT2D eigenvalue weighted by atomic mass is 10.1. The molecule has 0 aliphatic rings.